The molecule has 7 nitrogen and oxygen atoms in total. The van der Waals surface area contributed by atoms with E-state index in [-0.39, 0.29) is 12.0 Å². The lowest BCUT2D eigenvalue weighted by atomic mass is 10.0. The maximum atomic E-state index is 12.4. The van der Waals surface area contributed by atoms with E-state index < -0.39 is 0 Å². The highest BCUT2D eigenvalue weighted by Crippen LogP contribution is 2.37. The summed E-state index contributed by atoms with van der Waals surface area (Å²) >= 11 is 3.52. The summed E-state index contributed by atoms with van der Waals surface area (Å²) in [5.74, 6) is 1.26. The SMILES string of the molecule is COC(=O)C1CCCCN1c1cccc2nc(Nc3c(C)cc(Br)cc3OC)n(C)c12. The van der Waals surface area contributed by atoms with E-state index in [1.807, 2.05) is 42.8 Å². The van der Waals surface area contributed by atoms with E-state index in [0.29, 0.717) is 5.95 Å². The molecule has 2 aromatic carbocycles. The second-order valence-electron chi connectivity index (χ2n) is 7.79. The summed E-state index contributed by atoms with van der Waals surface area (Å²) in [5.41, 5.74) is 4.76. The van der Waals surface area contributed by atoms with Crippen molar-refractivity contribution in [3.8, 4) is 5.75 Å². The molecule has 1 aliphatic heterocycles. The van der Waals surface area contributed by atoms with Crippen molar-refractivity contribution in [2.45, 2.75) is 32.2 Å². The van der Waals surface area contributed by atoms with E-state index in [0.717, 1.165) is 64.0 Å². The quantitative estimate of drug-likeness (QED) is 0.515. The van der Waals surface area contributed by atoms with Crippen LogP contribution in [0.3, 0.4) is 0 Å². The molecule has 3 aromatic rings. The number of hydrogen-bond acceptors (Lipinski definition) is 6. The Balaban J connectivity index is 1.78. The maximum absolute atomic E-state index is 12.4. The van der Waals surface area contributed by atoms with Crippen LogP contribution in [0.5, 0.6) is 5.75 Å². The number of halogens is 1. The second-order valence-corrected chi connectivity index (χ2v) is 8.71. The third-order valence-corrected chi connectivity index (χ3v) is 6.34. The summed E-state index contributed by atoms with van der Waals surface area (Å²) in [6, 6.07) is 9.73. The average Bonchev–Trinajstić information content (AvgIpc) is 3.10. The topological polar surface area (TPSA) is 68.6 Å². The molecule has 1 aromatic heterocycles. The number of rotatable bonds is 5. The molecule has 4 rings (SSSR count). The number of aryl methyl sites for hydroxylation is 2. The molecule has 0 bridgehead atoms. The molecule has 1 fully saturated rings. The monoisotopic (exact) mass is 486 g/mol. The molecule has 0 aliphatic carbocycles. The van der Waals surface area contributed by atoms with E-state index >= 15 is 0 Å². The zero-order valence-electron chi connectivity index (χ0n) is 18.2. The fourth-order valence-electron chi connectivity index (χ4n) is 4.34. The number of methoxy groups -OCH3 is 2. The van der Waals surface area contributed by atoms with E-state index in [1.165, 1.54) is 7.11 Å². The number of nitrogens with one attached hydrogen (secondary N) is 1. The van der Waals surface area contributed by atoms with Gasteiger partial charge in [0.1, 0.15) is 11.8 Å². The summed E-state index contributed by atoms with van der Waals surface area (Å²) in [4.78, 5) is 19.4. The second kappa shape index (κ2) is 8.78. The van der Waals surface area contributed by atoms with Crippen molar-refractivity contribution in [1.29, 1.82) is 0 Å². The molecule has 1 aliphatic rings. The molecular formula is C23H27BrN4O3. The largest absolute Gasteiger partial charge is 0.495 e. The Labute approximate surface area is 190 Å². The molecule has 1 saturated heterocycles. The first kappa shape index (κ1) is 21.5. The van der Waals surface area contributed by atoms with Gasteiger partial charge in [0.2, 0.25) is 5.95 Å². The average molecular weight is 487 g/mol. The minimum Gasteiger partial charge on any atom is -0.495 e. The van der Waals surface area contributed by atoms with Gasteiger partial charge in [0.25, 0.3) is 0 Å². The number of anilines is 3. The van der Waals surface area contributed by atoms with Crippen molar-refractivity contribution in [3.05, 3.63) is 40.4 Å². The summed E-state index contributed by atoms with van der Waals surface area (Å²) in [7, 11) is 5.09. The summed E-state index contributed by atoms with van der Waals surface area (Å²) < 4.78 is 13.7. The van der Waals surface area contributed by atoms with E-state index in [2.05, 4.69) is 32.2 Å². The first-order chi connectivity index (χ1) is 14.9. The third kappa shape index (κ3) is 3.96. The summed E-state index contributed by atoms with van der Waals surface area (Å²) in [5, 5.41) is 3.45. The van der Waals surface area contributed by atoms with Crippen molar-refractivity contribution < 1.29 is 14.3 Å². The van der Waals surface area contributed by atoms with Crippen LogP contribution in [0.25, 0.3) is 11.0 Å². The van der Waals surface area contributed by atoms with Crippen molar-refractivity contribution in [3.63, 3.8) is 0 Å². The van der Waals surface area contributed by atoms with Crippen molar-refractivity contribution in [2.75, 3.05) is 31.0 Å². The smallest absolute Gasteiger partial charge is 0.328 e. The number of piperidine rings is 1. The molecule has 0 saturated carbocycles. The van der Waals surface area contributed by atoms with Crippen LogP contribution in [0.1, 0.15) is 24.8 Å². The Morgan fingerprint density at radius 1 is 1.26 bits per heavy atom. The van der Waals surface area contributed by atoms with Gasteiger partial charge in [0.05, 0.1) is 36.6 Å². The fraction of sp³-hybridized carbons (Fsp3) is 0.391. The molecule has 0 radical (unpaired) electrons. The zero-order chi connectivity index (χ0) is 22.1. The number of fused-ring (bicyclic) bond motifs is 1. The van der Waals surface area contributed by atoms with Crippen LogP contribution < -0.4 is 15.0 Å². The van der Waals surface area contributed by atoms with Crippen LogP contribution in [0.2, 0.25) is 0 Å². The molecule has 0 spiro atoms. The maximum Gasteiger partial charge on any atom is 0.328 e. The minimum atomic E-state index is -0.274. The van der Waals surface area contributed by atoms with Gasteiger partial charge < -0.3 is 24.3 Å². The summed E-state index contributed by atoms with van der Waals surface area (Å²) in [6.45, 7) is 2.84. The van der Waals surface area contributed by atoms with Gasteiger partial charge in [-0.05, 0) is 56.0 Å². The lowest BCUT2D eigenvalue weighted by Gasteiger charge is -2.36. The van der Waals surface area contributed by atoms with Gasteiger partial charge in [-0.15, -0.1) is 0 Å². The predicted molar refractivity (Wildman–Crippen MR) is 126 cm³/mol. The number of carbonyl (C=O) groups excluding carboxylic acids is 1. The number of esters is 1. The van der Waals surface area contributed by atoms with Gasteiger partial charge in [-0.2, -0.15) is 0 Å². The zero-order valence-corrected chi connectivity index (χ0v) is 19.8. The Morgan fingerprint density at radius 2 is 2.06 bits per heavy atom. The number of ether oxygens (including phenoxy) is 2. The summed E-state index contributed by atoms with van der Waals surface area (Å²) in [6.07, 6.45) is 2.86. The normalized spacial score (nSPS) is 16.4. The Morgan fingerprint density at radius 3 is 2.81 bits per heavy atom. The number of imidazole rings is 1. The molecular weight excluding hydrogens is 460 g/mol. The van der Waals surface area contributed by atoms with E-state index in [1.54, 1.807) is 7.11 Å². The van der Waals surface area contributed by atoms with E-state index in [9.17, 15) is 4.79 Å². The van der Waals surface area contributed by atoms with Gasteiger partial charge in [-0.25, -0.2) is 9.78 Å². The van der Waals surface area contributed by atoms with E-state index in [4.69, 9.17) is 14.5 Å². The molecule has 8 heteroatoms. The molecule has 1 unspecified atom stereocenters. The van der Waals surface area contributed by atoms with Crippen LogP contribution in [0.15, 0.2) is 34.8 Å². The molecule has 2 heterocycles. The van der Waals surface area contributed by atoms with Crippen LogP contribution >= 0.6 is 15.9 Å². The van der Waals surface area contributed by atoms with Crippen LogP contribution in [0, 0.1) is 6.92 Å². The first-order valence-electron chi connectivity index (χ1n) is 10.4. The number of carbonyl (C=O) groups is 1. The van der Waals surface area contributed by atoms with Gasteiger partial charge in [-0.3, -0.25) is 0 Å². The predicted octanol–water partition coefficient (Wildman–Crippen LogP) is 4.93. The molecule has 31 heavy (non-hydrogen) atoms. The van der Waals surface area contributed by atoms with Gasteiger partial charge in [0.15, 0.2) is 0 Å². The molecule has 1 N–H and O–H groups in total. The first-order valence-corrected chi connectivity index (χ1v) is 11.1. The Kier molecular flexibility index (Phi) is 6.09. The highest BCUT2D eigenvalue weighted by atomic mass is 79.9. The minimum absolute atomic E-state index is 0.188. The third-order valence-electron chi connectivity index (χ3n) is 5.88. The molecule has 0 amide bonds. The number of para-hydroxylation sites is 1. The van der Waals surface area contributed by atoms with Crippen molar-refractivity contribution in [2.24, 2.45) is 7.05 Å². The van der Waals surface area contributed by atoms with Gasteiger partial charge in [0, 0.05) is 18.1 Å². The number of nitrogens with zero attached hydrogens (tertiary/aromatic N) is 3. The number of hydrogen-bond donors (Lipinski definition) is 1. The highest BCUT2D eigenvalue weighted by Gasteiger charge is 2.31. The Bertz CT molecular complexity index is 1130. The van der Waals surface area contributed by atoms with Crippen molar-refractivity contribution in [1.82, 2.24) is 9.55 Å². The Hall–Kier alpha value is -2.74. The van der Waals surface area contributed by atoms with Crippen LogP contribution in [-0.4, -0.2) is 42.3 Å². The number of aromatic nitrogens is 2. The fourth-order valence-corrected chi connectivity index (χ4v) is 4.89. The lowest BCUT2D eigenvalue weighted by molar-refractivity contribution is -0.142. The molecule has 1 atom stereocenters. The van der Waals surface area contributed by atoms with Crippen LogP contribution in [0.4, 0.5) is 17.3 Å². The van der Waals surface area contributed by atoms with Gasteiger partial charge in [-0.1, -0.05) is 22.0 Å². The number of benzene rings is 2. The standard InChI is InChI=1S/C23H27BrN4O3/c1-14-12-15(24)13-19(30-3)20(14)26-23-25-16-8-7-10-17(21(16)27(23)2)28-11-6-5-9-18(28)22(29)31-4/h7-8,10,12-13,18H,5-6,9,11H2,1-4H3,(H,25,26). The molecule has 164 valence electrons. The lowest BCUT2D eigenvalue weighted by Crippen LogP contribution is -2.45. The van der Waals surface area contributed by atoms with Crippen molar-refractivity contribution >= 4 is 50.3 Å². The van der Waals surface area contributed by atoms with Crippen LogP contribution in [-0.2, 0) is 16.6 Å². The van der Waals surface area contributed by atoms with Gasteiger partial charge >= 0.3 is 5.97 Å². The highest BCUT2D eigenvalue weighted by molar-refractivity contribution is 9.10.